The fourth-order valence-corrected chi connectivity index (χ4v) is 2.43. The van der Waals surface area contributed by atoms with Gasteiger partial charge in [-0.15, -0.1) is 0 Å². The van der Waals surface area contributed by atoms with Crippen molar-refractivity contribution >= 4 is 17.6 Å². The van der Waals surface area contributed by atoms with Crippen LogP contribution < -0.4 is 4.90 Å². The van der Waals surface area contributed by atoms with Crippen LogP contribution in [0.1, 0.15) is 31.8 Å². The minimum Gasteiger partial charge on any atom is -0.465 e. The van der Waals surface area contributed by atoms with Crippen LogP contribution in [0.4, 0.5) is 32.0 Å². The molecule has 0 saturated carbocycles. The average molecular weight is 405 g/mol. The lowest BCUT2D eigenvalue weighted by Gasteiger charge is -2.21. The highest BCUT2D eigenvalue weighted by Gasteiger charge is 2.38. The summed E-state index contributed by atoms with van der Waals surface area (Å²) in [5.41, 5.74) is -4.17. The molecule has 0 bridgehead atoms. The third kappa shape index (κ3) is 4.44. The number of esters is 1. The van der Waals surface area contributed by atoms with Crippen molar-refractivity contribution in [1.82, 2.24) is 0 Å². The topological polar surface area (TPSA) is 46.6 Å². The van der Waals surface area contributed by atoms with Crippen molar-refractivity contribution in [2.45, 2.75) is 12.4 Å². The molecule has 4 nitrogen and oxygen atoms in total. The molecule has 0 spiro atoms. The molecule has 1 amide bonds. The molecule has 0 fully saturated rings. The molecule has 2 aromatic carbocycles. The van der Waals surface area contributed by atoms with E-state index in [1.807, 2.05) is 0 Å². The molecule has 0 unspecified atom stereocenters. The highest BCUT2D eigenvalue weighted by Crippen LogP contribution is 2.36. The Hall–Kier alpha value is -3.04. The van der Waals surface area contributed by atoms with Gasteiger partial charge in [-0.1, -0.05) is 12.1 Å². The van der Waals surface area contributed by atoms with Gasteiger partial charge in [-0.05, 0) is 30.3 Å². The van der Waals surface area contributed by atoms with E-state index in [4.69, 9.17) is 0 Å². The highest BCUT2D eigenvalue weighted by molar-refractivity contribution is 6.09. The van der Waals surface area contributed by atoms with Crippen molar-refractivity contribution in [3.05, 3.63) is 64.7 Å². The van der Waals surface area contributed by atoms with E-state index in [0.29, 0.717) is 12.1 Å². The molecule has 0 aromatic heterocycles. The summed E-state index contributed by atoms with van der Waals surface area (Å²) in [5, 5.41) is 0. The van der Waals surface area contributed by atoms with Gasteiger partial charge in [0.25, 0.3) is 5.91 Å². The zero-order valence-corrected chi connectivity index (χ0v) is 14.5. The Morgan fingerprint density at radius 3 is 1.86 bits per heavy atom. The Kier molecular flexibility index (Phi) is 5.72. The molecule has 28 heavy (non-hydrogen) atoms. The Bertz CT molecular complexity index is 873. The van der Waals surface area contributed by atoms with Crippen LogP contribution in [-0.4, -0.2) is 26.0 Å². The predicted octanol–water partition coefficient (Wildman–Crippen LogP) is 4.79. The lowest BCUT2D eigenvalue weighted by Crippen LogP contribution is -2.29. The van der Waals surface area contributed by atoms with E-state index in [9.17, 15) is 35.9 Å². The van der Waals surface area contributed by atoms with Crippen LogP contribution in [0.5, 0.6) is 0 Å². The number of nitrogens with zero attached hydrogens (tertiary/aromatic N) is 1. The summed E-state index contributed by atoms with van der Waals surface area (Å²) >= 11 is 0. The van der Waals surface area contributed by atoms with Gasteiger partial charge in [-0.25, -0.2) is 4.79 Å². The monoisotopic (exact) mass is 405 g/mol. The van der Waals surface area contributed by atoms with Gasteiger partial charge in [-0.2, -0.15) is 26.3 Å². The molecule has 0 aliphatic carbocycles. The van der Waals surface area contributed by atoms with Crippen molar-refractivity contribution in [2.75, 3.05) is 19.1 Å². The molecule has 0 aliphatic heterocycles. The summed E-state index contributed by atoms with van der Waals surface area (Å²) in [6.07, 6.45) is -10.2. The summed E-state index contributed by atoms with van der Waals surface area (Å²) in [6, 6.07) is 6.10. The second-order valence-electron chi connectivity index (χ2n) is 5.67. The van der Waals surface area contributed by atoms with Crippen molar-refractivity contribution in [3.8, 4) is 0 Å². The fraction of sp³-hybridized carbons (Fsp3) is 0.222. The number of benzene rings is 2. The zero-order chi connectivity index (χ0) is 21.3. The molecule has 0 heterocycles. The zero-order valence-electron chi connectivity index (χ0n) is 14.5. The number of carbonyl (C=O) groups is 2. The number of ether oxygens (including phenoxy) is 1. The smallest absolute Gasteiger partial charge is 0.416 e. The molecular weight excluding hydrogens is 392 g/mol. The molecule has 0 saturated heterocycles. The van der Waals surface area contributed by atoms with Gasteiger partial charge in [0, 0.05) is 12.6 Å². The van der Waals surface area contributed by atoms with E-state index in [0.717, 1.165) is 19.1 Å². The Labute approximate surface area is 155 Å². The van der Waals surface area contributed by atoms with Gasteiger partial charge in [-0.3, -0.25) is 4.79 Å². The van der Waals surface area contributed by atoms with E-state index in [2.05, 4.69) is 4.74 Å². The number of hydrogen-bond donors (Lipinski definition) is 0. The maximum absolute atomic E-state index is 13.0. The van der Waals surface area contributed by atoms with Gasteiger partial charge in [0.1, 0.15) is 0 Å². The van der Waals surface area contributed by atoms with Gasteiger partial charge < -0.3 is 9.64 Å². The predicted molar refractivity (Wildman–Crippen MR) is 87.0 cm³/mol. The SMILES string of the molecule is COC(=O)c1ccccc1N(C)C(=O)c1cc(C(F)(F)F)cc(C(F)(F)F)c1. The molecular formula is C18H13F6NO3. The quantitative estimate of drug-likeness (QED) is 0.545. The second kappa shape index (κ2) is 7.53. The summed E-state index contributed by atoms with van der Waals surface area (Å²) in [5.74, 6) is -1.98. The Morgan fingerprint density at radius 2 is 1.39 bits per heavy atom. The van der Waals surface area contributed by atoms with Gasteiger partial charge in [0.15, 0.2) is 0 Å². The van der Waals surface area contributed by atoms with Crippen LogP contribution >= 0.6 is 0 Å². The third-order valence-corrected chi connectivity index (χ3v) is 3.81. The standard InChI is InChI=1S/C18H13F6NO3/c1-25(14-6-4-3-5-13(14)16(27)28-2)15(26)10-7-11(17(19,20)21)9-12(8-10)18(22,23)24/h3-9H,1-2H3. The first kappa shape index (κ1) is 21.3. The molecule has 0 aliphatic rings. The van der Waals surface area contributed by atoms with Crippen LogP contribution in [-0.2, 0) is 17.1 Å². The number of para-hydroxylation sites is 1. The second-order valence-corrected chi connectivity index (χ2v) is 5.67. The summed E-state index contributed by atoms with van der Waals surface area (Å²) in [4.78, 5) is 25.2. The van der Waals surface area contributed by atoms with Gasteiger partial charge in [0.05, 0.1) is 29.5 Å². The van der Waals surface area contributed by atoms with Crippen LogP contribution in [0.2, 0.25) is 0 Å². The van der Waals surface area contributed by atoms with E-state index >= 15 is 0 Å². The Balaban J connectivity index is 2.56. The molecule has 2 aromatic rings. The largest absolute Gasteiger partial charge is 0.465 e. The van der Waals surface area contributed by atoms with Gasteiger partial charge in [0.2, 0.25) is 0 Å². The molecule has 0 atom stereocenters. The van der Waals surface area contributed by atoms with Crippen molar-refractivity contribution in [1.29, 1.82) is 0 Å². The van der Waals surface area contributed by atoms with E-state index in [1.54, 1.807) is 0 Å². The number of hydrogen-bond acceptors (Lipinski definition) is 3. The lowest BCUT2D eigenvalue weighted by atomic mass is 10.0. The average Bonchev–Trinajstić information content (AvgIpc) is 2.64. The van der Waals surface area contributed by atoms with Crippen LogP contribution in [0, 0.1) is 0 Å². The molecule has 10 heteroatoms. The van der Waals surface area contributed by atoms with E-state index < -0.39 is 40.9 Å². The van der Waals surface area contributed by atoms with Crippen molar-refractivity contribution in [2.24, 2.45) is 0 Å². The number of amides is 1. The molecule has 0 radical (unpaired) electrons. The first-order valence-corrected chi connectivity index (χ1v) is 7.61. The van der Waals surface area contributed by atoms with Crippen molar-refractivity contribution in [3.63, 3.8) is 0 Å². The van der Waals surface area contributed by atoms with Crippen LogP contribution in [0.3, 0.4) is 0 Å². The third-order valence-electron chi connectivity index (χ3n) is 3.81. The Morgan fingerprint density at radius 1 is 0.893 bits per heavy atom. The maximum atomic E-state index is 13.0. The number of rotatable bonds is 3. The van der Waals surface area contributed by atoms with E-state index in [1.165, 1.54) is 24.3 Å². The molecule has 150 valence electrons. The maximum Gasteiger partial charge on any atom is 0.416 e. The first-order chi connectivity index (χ1) is 12.9. The number of carbonyl (C=O) groups excluding carboxylic acids is 2. The minimum absolute atomic E-state index is 0.0367. The number of methoxy groups -OCH3 is 1. The van der Waals surface area contributed by atoms with Crippen molar-refractivity contribution < 1.29 is 40.7 Å². The summed E-state index contributed by atoms with van der Waals surface area (Å²) < 4.78 is 82.5. The lowest BCUT2D eigenvalue weighted by molar-refractivity contribution is -0.143. The first-order valence-electron chi connectivity index (χ1n) is 7.61. The minimum atomic E-state index is -5.08. The van der Waals surface area contributed by atoms with E-state index in [-0.39, 0.29) is 17.3 Å². The summed E-state index contributed by atoms with van der Waals surface area (Å²) in [6.45, 7) is 0. The number of halogens is 6. The molecule has 2 rings (SSSR count). The van der Waals surface area contributed by atoms with Crippen LogP contribution in [0.25, 0.3) is 0 Å². The van der Waals surface area contributed by atoms with Crippen LogP contribution in [0.15, 0.2) is 42.5 Å². The normalized spacial score (nSPS) is 11.9. The number of anilines is 1. The fourth-order valence-electron chi connectivity index (χ4n) is 2.43. The molecule has 0 N–H and O–H groups in total. The highest BCUT2D eigenvalue weighted by atomic mass is 19.4. The summed E-state index contributed by atoms with van der Waals surface area (Å²) in [7, 11) is 2.21. The van der Waals surface area contributed by atoms with Gasteiger partial charge >= 0.3 is 18.3 Å². The number of alkyl halides is 6.